The van der Waals surface area contributed by atoms with E-state index < -0.39 is 0 Å². The number of hydrogen-bond donors (Lipinski definition) is 0. The van der Waals surface area contributed by atoms with Gasteiger partial charge in [-0.2, -0.15) is 0 Å². The van der Waals surface area contributed by atoms with E-state index in [4.69, 9.17) is 0 Å². The van der Waals surface area contributed by atoms with Crippen LogP contribution < -0.4 is 0 Å². The lowest BCUT2D eigenvalue weighted by atomic mass is 9.88. The molecule has 0 atom stereocenters. The van der Waals surface area contributed by atoms with Gasteiger partial charge in [0, 0.05) is 0 Å². The van der Waals surface area contributed by atoms with E-state index in [1.54, 1.807) is 0 Å². The number of benzene rings is 9. The van der Waals surface area contributed by atoms with Crippen LogP contribution in [0.3, 0.4) is 0 Å². The summed E-state index contributed by atoms with van der Waals surface area (Å²) in [5.74, 6) is 0. The van der Waals surface area contributed by atoms with Crippen molar-refractivity contribution in [1.82, 2.24) is 0 Å². The van der Waals surface area contributed by atoms with E-state index in [1.807, 2.05) is 0 Å². The first-order valence-electron chi connectivity index (χ1n) is 15.9. The molecule has 0 N–H and O–H groups in total. The van der Waals surface area contributed by atoms with Crippen LogP contribution in [-0.4, -0.2) is 0 Å². The molecule has 9 aromatic rings. The van der Waals surface area contributed by atoms with Crippen LogP contribution in [0.1, 0.15) is 0 Å². The summed E-state index contributed by atoms with van der Waals surface area (Å²) in [5.41, 5.74) is 9.88. The largest absolute Gasteiger partial charge is 0.0622 e. The molecule has 0 amide bonds. The summed E-state index contributed by atoms with van der Waals surface area (Å²) in [6, 6.07) is 66.7. The van der Waals surface area contributed by atoms with Crippen molar-refractivity contribution in [1.29, 1.82) is 0 Å². The van der Waals surface area contributed by atoms with Gasteiger partial charge in [0.1, 0.15) is 0 Å². The molecule has 9 rings (SSSR count). The van der Waals surface area contributed by atoms with Gasteiger partial charge in [0.15, 0.2) is 0 Å². The Hall–Kier alpha value is -5.98. The van der Waals surface area contributed by atoms with Crippen molar-refractivity contribution < 1.29 is 0 Å². The van der Waals surface area contributed by atoms with E-state index in [1.165, 1.54) is 87.6 Å². The van der Waals surface area contributed by atoms with Crippen molar-refractivity contribution in [2.45, 2.75) is 0 Å². The minimum Gasteiger partial charge on any atom is -0.0622 e. The Kier molecular flexibility index (Phi) is 6.25. The van der Waals surface area contributed by atoms with Gasteiger partial charge in [-0.3, -0.25) is 0 Å². The molecule has 0 saturated carbocycles. The Morgan fingerprint density at radius 2 is 0.609 bits per heavy atom. The van der Waals surface area contributed by atoms with Gasteiger partial charge in [0.25, 0.3) is 0 Å². The molecule has 0 heterocycles. The van der Waals surface area contributed by atoms with E-state index in [9.17, 15) is 0 Å². The molecule has 0 spiro atoms. The highest BCUT2D eigenvalue weighted by Crippen LogP contribution is 2.40. The smallest absolute Gasteiger partial charge is 0.00930 e. The molecule has 0 aliphatic carbocycles. The Bertz CT molecular complexity index is 2570. The molecule has 214 valence electrons. The molecule has 9 aromatic carbocycles. The molecule has 0 heteroatoms. The first-order chi connectivity index (χ1) is 22.8. The van der Waals surface area contributed by atoms with Crippen molar-refractivity contribution in [3.63, 3.8) is 0 Å². The van der Waals surface area contributed by atoms with E-state index in [0.29, 0.717) is 0 Å². The van der Waals surface area contributed by atoms with Gasteiger partial charge in [0.2, 0.25) is 0 Å². The molecule has 0 saturated heterocycles. The van der Waals surface area contributed by atoms with Gasteiger partial charge in [0.05, 0.1) is 0 Å². The van der Waals surface area contributed by atoms with E-state index in [2.05, 4.69) is 182 Å². The zero-order chi connectivity index (χ0) is 30.5. The summed E-state index contributed by atoms with van der Waals surface area (Å²) in [4.78, 5) is 0. The Morgan fingerprint density at radius 3 is 1.26 bits per heavy atom. The normalized spacial score (nSPS) is 11.5. The van der Waals surface area contributed by atoms with Gasteiger partial charge in [-0.25, -0.2) is 0 Å². The number of fused-ring (bicyclic) bond motifs is 4. The summed E-state index contributed by atoms with van der Waals surface area (Å²) < 4.78 is 0. The van der Waals surface area contributed by atoms with Crippen LogP contribution >= 0.6 is 0 Å². The standard InChI is InChI=1S/C46H30/c1-2-8-31(9-3-1)37-18-15-34-17-21-41(29-42(34)28-37)44-25-24-43(40-20-16-33-11-5-7-13-36(33)27-40)45-23-22-39(30-46(44)45)38-19-14-32-10-4-6-12-35(32)26-38/h1-30H. The highest BCUT2D eigenvalue weighted by atomic mass is 14.2. The third kappa shape index (κ3) is 4.64. The van der Waals surface area contributed by atoms with Crippen LogP contribution in [-0.2, 0) is 0 Å². The molecular formula is C46H30. The van der Waals surface area contributed by atoms with Crippen molar-refractivity contribution in [2.75, 3.05) is 0 Å². The molecule has 0 unspecified atom stereocenters. The van der Waals surface area contributed by atoms with Crippen LogP contribution in [0.2, 0.25) is 0 Å². The highest BCUT2D eigenvalue weighted by molar-refractivity contribution is 6.08. The summed E-state index contributed by atoms with van der Waals surface area (Å²) in [7, 11) is 0. The molecule has 0 aromatic heterocycles. The highest BCUT2D eigenvalue weighted by Gasteiger charge is 2.13. The van der Waals surface area contributed by atoms with Gasteiger partial charge >= 0.3 is 0 Å². The fourth-order valence-corrected chi connectivity index (χ4v) is 6.98. The lowest BCUT2D eigenvalue weighted by Crippen LogP contribution is -1.89. The molecule has 0 radical (unpaired) electrons. The second-order valence-electron chi connectivity index (χ2n) is 12.2. The third-order valence-electron chi connectivity index (χ3n) is 9.42. The molecule has 0 aliphatic heterocycles. The Labute approximate surface area is 268 Å². The van der Waals surface area contributed by atoms with Crippen molar-refractivity contribution in [3.8, 4) is 44.5 Å². The Morgan fingerprint density at radius 1 is 0.196 bits per heavy atom. The summed E-state index contributed by atoms with van der Waals surface area (Å²) in [6.07, 6.45) is 0. The molecule has 0 aliphatic rings. The number of hydrogen-bond acceptors (Lipinski definition) is 0. The molecule has 0 nitrogen and oxygen atoms in total. The van der Waals surface area contributed by atoms with Crippen LogP contribution in [0.25, 0.3) is 87.6 Å². The predicted molar refractivity (Wildman–Crippen MR) is 198 cm³/mol. The van der Waals surface area contributed by atoms with Crippen molar-refractivity contribution in [3.05, 3.63) is 182 Å². The fourth-order valence-electron chi connectivity index (χ4n) is 6.98. The van der Waals surface area contributed by atoms with Crippen LogP contribution in [0.15, 0.2) is 182 Å². The second-order valence-corrected chi connectivity index (χ2v) is 12.2. The van der Waals surface area contributed by atoms with Gasteiger partial charge in [-0.15, -0.1) is 0 Å². The lowest BCUT2D eigenvalue weighted by Gasteiger charge is -2.15. The predicted octanol–water partition coefficient (Wildman–Crippen LogP) is 13.0. The van der Waals surface area contributed by atoms with Crippen LogP contribution in [0, 0.1) is 0 Å². The maximum absolute atomic E-state index is 2.39. The summed E-state index contributed by atoms with van der Waals surface area (Å²) in [5, 5.41) is 10.1. The van der Waals surface area contributed by atoms with E-state index >= 15 is 0 Å². The number of rotatable bonds is 4. The zero-order valence-corrected chi connectivity index (χ0v) is 25.3. The first kappa shape index (κ1) is 26.4. The third-order valence-corrected chi connectivity index (χ3v) is 9.42. The summed E-state index contributed by atoms with van der Waals surface area (Å²) >= 11 is 0. The average Bonchev–Trinajstić information content (AvgIpc) is 3.13. The minimum atomic E-state index is 1.22. The molecule has 0 fully saturated rings. The topological polar surface area (TPSA) is 0 Å². The average molecular weight is 583 g/mol. The first-order valence-corrected chi connectivity index (χ1v) is 15.9. The SMILES string of the molecule is c1ccc(-c2ccc3ccc(-c4ccc(-c5ccc6ccccc6c5)c5ccc(-c6ccc7ccccc7c6)cc45)cc3c2)cc1. The van der Waals surface area contributed by atoms with E-state index in [0.717, 1.165) is 0 Å². The quantitative estimate of drug-likeness (QED) is 0.194. The fraction of sp³-hybridized carbons (Fsp3) is 0. The molecular weight excluding hydrogens is 553 g/mol. The minimum absolute atomic E-state index is 1.22. The van der Waals surface area contributed by atoms with Crippen LogP contribution in [0.5, 0.6) is 0 Å². The molecule has 0 bridgehead atoms. The van der Waals surface area contributed by atoms with Crippen molar-refractivity contribution >= 4 is 43.1 Å². The Balaban J connectivity index is 1.25. The van der Waals surface area contributed by atoms with Crippen LogP contribution in [0.4, 0.5) is 0 Å². The lowest BCUT2D eigenvalue weighted by molar-refractivity contribution is 1.63. The van der Waals surface area contributed by atoms with E-state index in [-0.39, 0.29) is 0 Å². The molecule has 46 heavy (non-hydrogen) atoms. The second kappa shape index (κ2) is 10.9. The maximum atomic E-state index is 2.39. The van der Waals surface area contributed by atoms with Crippen molar-refractivity contribution in [2.24, 2.45) is 0 Å². The zero-order valence-electron chi connectivity index (χ0n) is 25.3. The monoisotopic (exact) mass is 582 g/mol. The van der Waals surface area contributed by atoms with Gasteiger partial charge in [-0.1, -0.05) is 152 Å². The van der Waals surface area contributed by atoms with Gasteiger partial charge < -0.3 is 0 Å². The maximum Gasteiger partial charge on any atom is -0.00930 e. The summed E-state index contributed by atoms with van der Waals surface area (Å²) in [6.45, 7) is 0. The van der Waals surface area contributed by atoms with Gasteiger partial charge in [-0.05, 0) is 118 Å².